The molecule has 1 heterocycles. The van der Waals surface area contributed by atoms with Crippen molar-refractivity contribution in [2.75, 3.05) is 13.2 Å². The van der Waals surface area contributed by atoms with Crippen molar-refractivity contribution < 1.29 is 19.1 Å². The molecule has 0 amide bonds. The minimum Gasteiger partial charge on any atom is -0.494 e. The predicted molar refractivity (Wildman–Crippen MR) is 104 cm³/mol. The second-order valence-corrected chi connectivity index (χ2v) is 6.77. The van der Waals surface area contributed by atoms with Crippen LogP contribution in [-0.2, 0) is 14.3 Å². The third-order valence-electron chi connectivity index (χ3n) is 5.17. The highest BCUT2D eigenvalue weighted by atomic mass is 16.5. The zero-order chi connectivity index (χ0) is 19.4. The number of Topliss-reactive ketones (excluding diaryl/α,β-unsaturated/α-hetero) is 1. The average Bonchev–Trinajstić information content (AvgIpc) is 2.67. The van der Waals surface area contributed by atoms with Crippen molar-refractivity contribution in [2.24, 2.45) is 10.9 Å². The van der Waals surface area contributed by atoms with E-state index in [1.807, 2.05) is 38.1 Å². The molecule has 0 spiro atoms. The molecule has 0 radical (unpaired) electrons. The van der Waals surface area contributed by atoms with Gasteiger partial charge < -0.3 is 9.47 Å². The highest BCUT2D eigenvalue weighted by molar-refractivity contribution is 6.09. The van der Waals surface area contributed by atoms with Crippen LogP contribution in [0.15, 0.2) is 40.5 Å². The monoisotopic (exact) mass is 369 g/mol. The SMILES string of the molecule is CCOC(=O)C1C(CC)=NC2=C(C(=O)CCC2)[C@H]1c1ccccc1OCC. The fraction of sp³-hybridized carbons (Fsp3) is 0.500. The van der Waals surface area contributed by atoms with Gasteiger partial charge in [-0.15, -0.1) is 0 Å². The Morgan fingerprint density at radius 2 is 1.93 bits per heavy atom. The van der Waals surface area contributed by atoms with E-state index >= 15 is 0 Å². The normalized spacial score (nSPS) is 22.2. The van der Waals surface area contributed by atoms with Crippen LogP contribution in [0.2, 0.25) is 0 Å². The van der Waals surface area contributed by atoms with Crippen molar-refractivity contribution in [1.82, 2.24) is 0 Å². The number of esters is 1. The first-order valence-electron chi connectivity index (χ1n) is 9.84. The largest absolute Gasteiger partial charge is 0.494 e. The molecule has 1 aliphatic carbocycles. The molecule has 0 saturated heterocycles. The average molecular weight is 369 g/mol. The third-order valence-corrected chi connectivity index (χ3v) is 5.17. The van der Waals surface area contributed by atoms with Crippen molar-refractivity contribution in [3.8, 4) is 5.75 Å². The van der Waals surface area contributed by atoms with Crippen LogP contribution in [0.4, 0.5) is 0 Å². The zero-order valence-electron chi connectivity index (χ0n) is 16.3. The molecule has 1 unspecified atom stereocenters. The molecule has 0 fully saturated rings. The molecular weight excluding hydrogens is 342 g/mol. The Kier molecular flexibility index (Phi) is 6.09. The molecule has 2 aliphatic rings. The van der Waals surface area contributed by atoms with Gasteiger partial charge in [0.25, 0.3) is 0 Å². The quantitative estimate of drug-likeness (QED) is 0.704. The van der Waals surface area contributed by atoms with Crippen LogP contribution in [0, 0.1) is 5.92 Å². The summed E-state index contributed by atoms with van der Waals surface area (Å²) in [6.07, 6.45) is 2.72. The van der Waals surface area contributed by atoms with Gasteiger partial charge in [0.05, 0.1) is 13.2 Å². The fourth-order valence-electron chi connectivity index (χ4n) is 4.08. The van der Waals surface area contributed by atoms with Crippen molar-refractivity contribution in [1.29, 1.82) is 0 Å². The van der Waals surface area contributed by atoms with E-state index in [0.29, 0.717) is 37.4 Å². The fourth-order valence-corrected chi connectivity index (χ4v) is 4.08. The molecule has 0 bridgehead atoms. The summed E-state index contributed by atoms with van der Waals surface area (Å²) in [5.41, 5.74) is 3.16. The standard InChI is InChI=1S/C22H27NO4/c1-4-15-21(22(25)27-6-3)19(14-10-7-8-13-18(14)26-5-2)20-16(23-15)11-9-12-17(20)24/h7-8,10,13,19,21H,4-6,9,11-12H2,1-3H3/t19-,21?/m1/s1. The van der Waals surface area contributed by atoms with E-state index in [2.05, 4.69) is 0 Å². The number of hydrogen-bond acceptors (Lipinski definition) is 5. The van der Waals surface area contributed by atoms with E-state index < -0.39 is 11.8 Å². The number of allylic oxidation sites excluding steroid dienone is 2. The maximum Gasteiger partial charge on any atom is 0.315 e. The van der Waals surface area contributed by atoms with Gasteiger partial charge in [0, 0.05) is 34.9 Å². The van der Waals surface area contributed by atoms with Gasteiger partial charge in [-0.1, -0.05) is 25.1 Å². The lowest BCUT2D eigenvalue weighted by molar-refractivity contribution is -0.146. The summed E-state index contributed by atoms with van der Waals surface area (Å²) in [5.74, 6) is -0.513. The van der Waals surface area contributed by atoms with Gasteiger partial charge in [0.1, 0.15) is 11.7 Å². The molecular formula is C22H27NO4. The summed E-state index contributed by atoms with van der Waals surface area (Å²) >= 11 is 0. The number of nitrogens with zero attached hydrogens (tertiary/aromatic N) is 1. The Labute approximate surface area is 160 Å². The summed E-state index contributed by atoms with van der Waals surface area (Å²) in [5, 5.41) is 0. The lowest BCUT2D eigenvalue weighted by atomic mass is 9.71. The van der Waals surface area contributed by atoms with E-state index in [-0.39, 0.29) is 11.8 Å². The Hall–Kier alpha value is -2.43. The Morgan fingerprint density at radius 3 is 2.63 bits per heavy atom. The van der Waals surface area contributed by atoms with Crippen molar-refractivity contribution >= 4 is 17.5 Å². The number of carbonyl (C=O) groups is 2. The number of ether oxygens (including phenoxy) is 2. The molecule has 0 aromatic heterocycles. The first-order chi connectivity index (χ1) is 13.1. The van der Waals surface area contributed by atoms with Crippen LogP contribution in [0.25, 0.3) is 0 Å². The molecule has 3 rings (SSSR count). The van der Waals surface area contributed by atoms with Crippen LogP contribution in [0.3, 0.4) is 0 Å². The van der Waals surface area contributed by atoms with Gasteiger partial charge in [-0.3, -0.25) is 14.6 Å². The first kappa shape index (κ1) is 19.3. The lowest BCUT2D eigenvalue weighted by Gasteiger charge is -2.35. The van der Waals surface area contributed by atoms with Gasteiger partial charge in [-0.05, 0) is 39.2 Å². The maximum absolute atomic E-state index is 12.9. The number of carbonyl (C=O) groups excluding carboxylic acids is 2. The van der Waals surface area contributed by atoms with Crippen molar-refractivity contribution in [3.63, 3.8) is 0 Å². The second-order valence-electron chi connectivity index (χ2n) is 6.77. The first-order valence-corrected chi connectivity index (χ1v) is 9.84. The number of rotatable bonds is 6. The van der Waals surface area contributed by atoms with E-state index in [1.165, 1.54) is 0 Å². The van der Waals surface area contributed by atoms with Gasteiger partial charge in [0.2, 0.25) is 0 Å². The van der Waals surface area contributed by atoms with Gasteiger partial charge in [-0.2, -0.15) is 0 Å². The number of para-hydroxylation sites is 1. The summed E-state index contributed by atoms with van der Waals surface area (Å²) in [6.45, 7) is 6.53. The lowest BCUT2D eigenvalue weighted by Crippen LogP contribution is -2.38. The molecule has 1 aromatic carbocycles. The molecule has 0 N–H and O–H groups in total. The Balaban J connectivity index is 2.20. The summed E-state index contributed by atoms with van der Waals surface area (Å²) < 4.78 is 11.2. The maximum atomic E-state index is 12.9. The zero-order valence-corrected chi connectivity index (χ0v) is 16.3. The Bertz CT molecular complexity index is 793. The van der Waals surface area contributed by atoms with Crippen molar-refractivity contribution in [2.45, 2.75) is 52.4 Å². The number of hydrogen-bond donors (Lipinski definition) is 0. The van der Waals surface area contributed by atoms with Gasteiger partial charge in [-0.25, -0.2) is 0 Å². The molecule has 144 valence electrons. The van der Waals surface area contributed by atoms with Crippen LogP contribution >= 0.6 is 0 Å². The molecule has 1 aromatic rings. The summed E-state index contributed by atoms with van der Waals surface area (Å²) in [6, 6.07) is 7.67. The predicted octanol–water partition coefficient (Wildman–Crippen LogP) is 4.22. The minimum absolute atomic E-state index is 0.0840. The van der Waals surface area contributed by atoms with E-state index in [9.17, 15) is 9.59 Å². The van der Waals surface area contributed by atoms with Crippen LogP contribution in [-0.4, -0.2) is 30.7 Å². The highest BCUT2D eigenvalue weighted by Gasteiger charge is 2.44. The van der Waals surface area contributed by atoms with Crippen LogP contribution in [0.5, 0.6) is 5.75 Å². The molecule has 27 heavy (non-hydrogen) atoms. The van der Waals surface area contributed by atoms with Crippen molar-refractivity contribution in [3.05, 3.63) is 41.1 Å². The number of ketones is 1. The molecule has 1 aliphatic heterocycles. The number of aliphatic imine (C=N–C) groups is 1. The van der Waals surface area contributed by atoms with E-state index in [0.717, 1.165) is 29.8 Å². The Morgan fingerprint density at radius 1 is 1.15 bits per heavy atom. The topological polar surface area (TPSA) is 65.0 Å². The second kappa shape index (κ2) is 8.51. The molecule has 2 atom stereocenters. The molecule has 5 heteroatoms. The molecule has 5 nitrogen and oxygen atoms in total. The van der Waals surface area contributed by atoms with Crippen LogP contribution < -0.4 is 4.74 Å². The summed E-state index contributed by atoms with van der Waals surface area (Å²) in [4.78, 5) is 30.5. The molecule has 0 saturated carbocycles. The minimum atomic E-state index is -0.586. The van der Waals surface area contributed by atoms with Gasteiger partial charge in [0.15, 0.2) is 5.78 Å². The number of benzene rings is 1. The van der Waals surface area contributed by atoms with E-state index in [4.69, 9.17) is 14.5 Å². The smallest absolute Gasteiger partial charge is 0.315 e. The van der Waals surface area contributed by atoms with Crippen LogP contribution in [0.1, 0.15) is 57.9 Å². The summed E-state index contributed by atoms with van der Waals surface area (Å²) in [7, 11) is 0. The van der Waals surface area contributed by atoms with Gasteiger partial charge >= 0.3 is 5.97 Å². The van der Waals surface area contributed by atoms with E-state index in [1.54, 1.807) is 6.92 Å². The highest BCUT2D eigenvalue weighted by Crippen LogP contribution is 2.46. The third kappa shape index (κ3) is 3.68.